The number of hydrogen-bond acceptors (Lipinski definition) is 4. The molecule has 0 bridgehead atoms. The van der Waals surface area contributed by atoms with Gasteiger partial charge in [0.25, 0.3) is 0 Å². The van der Waals surface area contributed by atoms with Gasteiger partial charge >= 0.3 is 5.97 Å². The lowest BCUT2D eigenvalue weighted by atomic mass is 10.1. The Balaban J connectivity index is 1.84. The standard InChI is InChI=1S/C18H14FNO3S/c1-11-20-16(10-24-11)13-4-7-17(15(8-13)18(21)22)23-9-12-2-5-14(19)6-3-12/h2-8,10H,9H2,1H3,(H,21,22). The first-order chi connectivity index (χ1) is 11.5. The Labute approximate surface area is 142 Å². The van der Waals surface area contributed by atoms with Gasteiger partial charge in [-0.1, -0.05) is 12.1 Å². The molecule has 24 heavy (non-hydrogen) atoms. The lowest BCUT2D eigenvalue weighted by Gasteiger charge is -2.10. The Morgan fingerprint density at radius 3 is 2.62 bits per heavy atom. The minimum atomic E-state index is -1.07. The van der Waals surface area contributed by atoms with Crippen LogP contribution >= 0.6 is 11.3 Å². The van der Waals surface area contributed by atoms with Crippen molar-refractivity contribution in [2.75, 3.05) is 0 Å². The number of hydrogen-bond donors (Lipinski definition) is 1. The number of carbonyl (C=O) groups is 1. The van der Waals surface area contributed by atoms with E-state index in [2.05, 4.69) is 4.98 Å². The number of aromatic nitrogens is 1. The topological polar surface area (TPSA) is 59.4 Å². The summed E-state index contributed by atoms with van der Waals surface area (Å²) in [6.07, 6.45) is 0. The third-order valence-electron chi connectivity index (χ3n) is 3.43. The van der Waals surface area contributed by atoms with E-state index in [1.807, 2.05) is 12.3 Å². The number of carboxylic acids is 1. The number of thiazole rings is 1. The molecule has 0 radical (unpaired) electrons. The maximum Gasteiger partial charge on any atom is 0.339 e. The number of ether oxygens (including phenoxy) is 1. The number of halogens is 1. The zero-order valence-corrected chi connectivity index (χ0v) is 13.6. The zero-order valence-electron chi connectivity index (χ0n) is 12.8. The second-order valence-electron chi connectivity index (χ2n) is 5.18. The van der Waals surface area contributed by atoms with Crippen molar-refractivity contribution in [3.8, 4) is 17.0 Å². The van der Waals surface area contributed by atoms with E-state index in [9.17, 15) is 14.3 Å². The normalized spacial score (nSPS) is 10.6. The second kappa shape index (κ2) is 6.80. The van der Waals surface area contributed by atoms with Crippen molar-refractivity contribution in [2.24, 2.45) is 0 Å². The van der Waals surface area contributed by atoms with Crippen molar-refractivity contribution in [3.63, 3.8) is 0 Å². The van der Waals surface area contributed by atoms with Crippen molar-refractivity contribution in [2.45, 2.75) is 13.5 Å². The van der Waals surface area contributed by atoms with E-state index in [0.29, 0.717) is 0 Å². The van der Waals surface area contributed by atoms with Gasteiger partial charge in [-0.05, 0) is 42.8 Å². The summed E-state index contributed by atoms with van der Waals surface area (Å²) >= 11 is 1.51. The lowest BCUT2D eigenvalue weighted by molar-refractivity contribution is 0.0692. The van der Waals surface area contributed by atoms with E-state index in [1.54, 1.807) is 30.3 Å². The molecule has 0 saturated carbocycles. The van der Waals surface area contributed by atoms with Gasteiger partial charge in [0.05, 0.1) is 10.7 Å². The first-order valence-electron chi connectivity index (χ1n) is 7.20. The van der Waals surface area contributed by atoms with Crippen LogP contribution in [-0.4, -0.2) is 16.1 Å². The summed E-state index contributed by atoms with van der Waals surface area (Å²) in [4.78, 5) is 15.9. The van der Waals surface area contributed by atoms with Gasteiger partial charge < -0.3 is 9.84 Å². The Kier molecular flexibility index (Phi) is 4.57. The lowest BCUT2D eigenvalue weighted by Crippen LogP contribution is -2.04. The van der Waals surface area contributed by atoms with Crippen LogP contribution in [0.4, 0.5) is 4.39 Å². The first-order valence-corrected chi connectivity index (χ1v) is 8.08. The highest BCUT2D eigenvalue weighted by Crippen LogP contribution is 2.28. The number of aromatic carboxylic acids is 1. The van der Waals surface area contributed by atoms with Crippen molar-refractivity contribution in [1.29, 1.82) is 0 Å². The smallest absolute Gasteiger partial charge is 0.339 e. The van der Waals surface area contributed by atoms with E-state index < -0.39 is 5.97 Å². The highest BCUT2D eigenvalue weighted by atomic mass is 32.1. The molecule has 4 nitrogen and oxygen atoms in total. The molecule has 0 spiro atoms. The summed E-state index contributed by atoms with van der Waals surface area (Å²) in [5.41, 5.74) is 2.29. The van der Waals surface area contributed by atoms with Crippen molar-refractivity contribution >= 4 is 17.3 Å². The molecule has 0 fully saturated rings. The number of benzene rings is 2. The molecule has 0 unspecified atom stereocenters. The van der Waals surface area contributed by atoms with Gasteiger partial charge in [-0.3, -0.25) is 0 Å². The summed E-state index contributed by atoms with van der Waals surface area (Å²) in [7, 11) is 0. The molecule has 122 valence electrons. The predicted octanol–water partition coefficient (Wildman–Crippen LogP) is 4.53. The average molecular weight is 343 g/mol. The number of carboxylic acid groups (broad SMARTS) is 1. The monoisotopic (exact) mass is 343 g/mol. The van der Waals surface area contributed by atoms with Gasteiger partial charge in [0.15, 0.2) is 0 Å². The molecule has 3 rings (SSSR count). The molecular weight excluding hydrogens is 329 g/mol. The SMILES string of the molecule is Cc1nc(-c2ccc(OCc3ccc(F)cc3)c(C(=O)O)c2)cs1. The maximum atomic E-state index is 12.9. The Bertz CT molecular complexity index is 874. The fourth-order valence-electron chi connectivity index (χ4n) is 2.22. The van der Waals surface area contributed by atoms with Crippen LogP contribution in [0.1, 0.15) is 20.9 Å². The highest BCUT2D eigenvalue weighted by molar-refractivity contribution is 7.09. The van der Waals surface area contributed by atoms with Crippen LogP contribution in [-0.2, 0) is 6.61 Å². The summed E-state index contributed by atoms with van der Waals surface area (Å²) in [5.74, 6) is -1.13. The van der Waals surface area contributed by atoms with Gasteiger partial charge in [0.2, 0.25) is 0 Å². The van der Waals surface area contributed by atoms with Crippen LogP contribution in [0.15, 0.2) is 47.8 Å². The highest BCUT2D eigenvalue weighted by Gasteiger charge is 2.14. The maximum absolute atomic E-state index is 12.9. The van der Waals surface area contributed by atoms with Crippen LogP contribution in [0.2, 0.25) is 0 Å². The molecule has 0 aliphatic rings. The number of aryl methyl sites for hydroxylation is 1. The van der Waals surface area contributed by atoms with Gasteiger partial charge in [0, 0.05) is 10.9 Å². The van der Waals surface area contributed by atoms with Crippen LogP contribution in [0.3, 0.4) is 0 Å². The van der Waals surface area contributed by atoms with E-state index in [4.69, 9.17) is 4.74 Å². The average Bonchev–Trinajstić information content (AvgIpc) is 3.00. The van der Waals surface area contributed by atoms with E-state index in [0.717, 1.165) is 21.8 Å². The summed E-state index contributed by atoms with van der Waals surface area (Å²) < 4.78 is 18.5. The van der Waals surface area contributed by atoms with Crippen LogP contribution in [0, 0.1) is 12.7 Å². The van der Waals surface area contributed by atoms with Gasteiger partial charge in [-0.2, -0.15) is 0 Å². The molecule has 1 aromatic heterocycles. The second-order valence-corrected chi connectivity index (χ2v) is 6.25. The van der Waals surface area contributed by atoms with Crippen LogP contribution in [0.25, 0.3) is 11.3 Å². The van der Waals surface area contributed by atoms with Crippen molar-refractivity contribution in [3.05, 3.63) is 69.8 Å². The number of nitrogens with zero attached hydrogens (tertiary/aromatic N) is 1. The van der Waals surface area contributed by atoms with E-state index in [1.165, 1.54) is 23.5 Å². The number of rotatable bonds is 5. The third-order valence-corrected chi connectivity index (χ3v) is 4.21. The minimum Gasteiger partial charge on any atom is -0.488 e. The Morgan fingerprint density at radius 1 is 1.25 bits per heavy atom. The molecule has 2 aromatic carbocycles. The Hall–Kier alpha value is -2.73. The fourth-order valence-corrected chi connectivity index (χ4v) is 2.84. The predicted molar refractivity (Wildman–Crippen MR) is 90.0 cm³/mol. The summed E-state index contributed by atoms with van der Waals surface area (Å²) in [5, 5.41) is 12.2. The molecule has 6 heteroatoms. The molecule has 0 aliphatic carbocycles. The third kappa shape index (κ3) is 3.60. The molecule has 0 amide bonds. The molecule has 1 N–H and O–H groups in total. The van der Waals surface area contributed by atoms with E-state index >= 15 is 0 Å². The molecule has 0 atom stereocenters. The summed E-state index contributed by atoms with van der Waals surface area (Å²) in [6, 6.07) is 10.8. The van der Waals surface area contributed by atoms with Crippen molar-refractivity contribution in [1.82, 2.24) is 4.98 Å². The van der Waals surface area contributed by atoms with Crippen LogP contribution < -0.4 is 4.74 Å². The molecule has 3 aromatic rings. The van der Waals surface area contributed by atoms with Gasteiger partial charge in [0.1, 0.15) is 23.7 Å². The fraction of sp³-hybridized carbons (Fsp3) is 0.111. The minimum absolute atomic E-state index is 0.0697. The Morgan fingerprint density at radius 2 is 2.00 bits per heavy atom. The molecule has 0 saturated heterocycles. The largest absolute Gasteiger partial charge is 0.488 e. The summed E-state index contributed by atoms with van der Waals surface area (Å²) in [6.45, 7) is 2.06. The van der Waals surface area contributed by atoms with Crippen molar-refractivity contribution < 1.29 is 19.0 Å². The van der Waals surface area contributed by atoms with Crippen LogP contribution in [0.5, 0.6) is 5.75 Å². The van der Waals surface area contributed by atoms with Gasteiger partial charge in [-0.25, -0.2) is 14.2 Å². The zero-order chi connectivity index (χ0) is 17.1. The molecule has 0 aliphatic heterocycles. The first kappa shape index (κ1) is 16.1. The van der Waals surface area contributed by atoms with Gasteiger partial charge in [-0.15, -0.1) is 11.3 Å². The molecular formula is C18H14FNO3S. The van der Waals surface area contributed by atoms with E-state index in [-0.39, 0.29) is 23.7 Å². The quantitative estimate of drug-likeness (QED) is 0.739. The molecule has 1 heterocycles.